The first-order valence-corrected chi connectivity index (χ1v) is 12.9. The Balaban J connectivity index is 1.59. The average Bonchev–Trinajstić information content (AvgIpc) is 3.17. The van der Waals surface area contributed by atoms with Gasteiger partial charge in [-0.25, -0.2) is 8.42 Å². The van der Waals surface area contributed by atoms with Gasteiger partial charge >= 0.3 is 0 Å². The Labute approximate surface area is 199 Å². The maximum Gasteiger partial charge on any atom is 0.242 e. The fraction of sp³-hybridized carbons (Fsp3) is 0.360. The molecule has 0 radical (unpaired) electrons. The zero-order chi connectivity index (χ0) is 24.5. The molecule has 1 aromatic heterocycles. The van der Waals surface area contributed by atoms with Crippen molar-refractivity contribution in [2.75, 3.05) is 30.8 Å². The van der Waals surface area contributed by atoms with Gasteiger partial charge in [-0.15, -0.1) is 0 Å². The summed E-state index contributed by atoms with van der Waals surface area (Å²) in [7, 11) is -2.40. The molecule has 0 saturated carbocycles. The Kier molecular flexibility index (Phi) is 6.77. The van der Waals surface area contributed by atoms with Crippen LogP contribution in [0.25, 0.3) is 10.9 Å². The van der Waals surface area contributed by atoms with E-state index in [4.69, 9.17) is 4.74 Å². The molecule has 0 unspecified atom stereocenters. The zero-order valence-electron chi connectivity index (χ0n) is 19.5. The van der Waals surface area contributed by atoms with E-state index in [9.17, 15) is 18.0 Å². The number of rotatable bonds is 6. The monoisotopic (exact) mass is 483 g/mol. The van der Waals surface area contributed by atoms with Crippen LogP contribution in [-0.4, -0.2) is 67.8 Å². The Morgan fingerprint density at radius 1 is 1.00 bits per heavy atom. The van der Waals surface area contributed by atoms with Gasteiger partial charge in [-0.1, -0.05) is 36.4 Å². The minimum absolute atomic E-state index is 0.00728. The molecular formula is C25H29N3O5S. The molecule has 1 aliphatic heterocycles. The van der Waals surface area contributed by atoms with Crippen LogP contribution in [0.15, 0.2) is 65.7 Å². The summed E-state index contributed by atoms with van der Waals surface area (Å²) in [4.78, 5) is 28.9. The first-order chi connectivity index (χ1) is 16.2. The SMILES string of the molecule is C[C@@H]1CN(C(=O)Cn2cc(S(=O)(=O)CC(=O)N(C)c3ccccc3)c3ccccc32)C[C@H](C)O1. The van der Waals surface area contributed by atoms with Crippen molar-refractivity contribution in [2.24, 2.45) is 0 Å². The first-order valence-electron chi connectivity index (χ1n) is 11.2. The van der Waals surface area contributed by atoms with Crippen LogP contribution in [0.1, 0.15) is 13.8 Å². The molecule has 1 saturated heterocycles. The van der Waals surface area contributed by atoms with E-state index >= 15 is 0 Å². The van der Waals surface area contributed by atoms with E-state index < -0.39 is 21.5 Å². The first kappa shape index (κ1) is 24.0. The van der Waals surface area contributed by atoms with Crippen LogP contribution in [-0.2, 0) is 30.7 Å². The Bertz CT molecular complexity index is 1290. The van der Waals surface area contributed by atoms with Crippen molar-refractivity contribution in [3.63, 3.8) is 0 Å². The molecular weight excluding hydrogens is 454 g/mol. The van der Waals surface area contributed by atoms with E-state index in [0.717, 1.165) is 0 Å². The van der Waals surface area contributed by atoms with Gasteiger partial charge in [0.25, 0.3) is 0 Å². The minimum Gasteiger partial charge on any atom is -0.372 e. The number of carbonyl (C=O) groups excluding carboxylic acids is 2. The molecule has 3 aromatic rings. The van der Waals surface area contributed by atoms with Crippen LogP contribution < -0.4 is 4.90 Å². The number of aromatic nitrogens is 1. The fourth-order valence-corrected chi connectivity index (χ4v) is 5.82. The number of anilines is 1. The van der Waals surface area contributed by atoms with Gasteiger partial charge in [0.1, 0.15) is 12.3 Å². The molecule has 0 spiro atoms. The summed E-state index contributed by atoms with van der Waals surface area (Å²) in [5.74, 6) is -1.30. The Morgan fingerprint density at radius 3 is 2.29 bits per heavy atom. The average molecular weight is 484 g/mol. The second-order valence-corrected chi connectivity index (χ2v) is 10.7. The van der Waals surface area contributed by atoms with E-state index in [2.05, 4.69) is 0 Å². The molecule has 2 atom stereocenters. The Hall–Kier alpha value is -3.17. The maximum absolute atomic E-state index is 13.3. The summed E-state index contributed by atoms with van der Waals surface area (Å²) >= 11 is 0. The van der Waals surface area contributed by atoms with Gasteiger partial charge in [-0.2, -0.15) is 0 Å². The summed E-state index contributed by atoms with van der Waals surface area (Å²) in [6, 6.07) is 15.9. The number of hydrogen-bond acceptors (Lipinski definition) is 5. The van der Waals surface area contributed by atoms with Crippen LogP contribution in [0, 0.1) is 0 Å². The van der Waals surface area contributed by atoms with Crippen LogP contribution in [0.2, 0.25) is 0 Å². The van der Waals surface area contributed by atoms with Crippen molar-refractivity contribution in [2.45, 2.75) is 37.5 Å². The maximum atomic E-state index is 13.3. The molecule has 2 aromatic carbocycles. The van der Waals surface area contributed by atoms with E-state index in [1.165, 1.54) is 11.1 Å². The number of hydrogen-bond donors (Lipinski definition) is 0. The van der Waals surface area contributed by atoms with Crippen molar-refractivity contribution in [3.8, 4) is 0 Å². The molecule has 1 aliphatic rings. The lowest BCUT2D eigenvalue weighted by Gasteiger charge is -2.35. The molecule has 1 fully saturated rings. The lowest BCUT2D eigenvalue weighted by Crippen LogP contribution is -2.49. The van der Waals surface area contributed by atoms with Gasteiger partial charge in [0.05, 0.1) is 17.1 Å². The van der Waals surface area contributed by atoms with Crippen molar-refractivity contribution in [1.29, 1.82) is 0 Å². The largest absolute Gasteiger partial charge is 0.372 e. The summed E-state index contributed by atoms with van der Waals surface area (Å²) in [5.41, 5.74) is 1.25. The predicted octanol–water partition coefficient (Wildman–Crippen LogP) is 2.71. The summed E-state index contributed by atoms with van der Waals surface area (Å²) < 4.78 is 34.0. The topological polar surface area (TPSA) is 88.9 Å². The van der Waals surface area contributed by atoms with Gasteiger partial charge in [-0.05, 0) is 32.0 Å². The molecule has 2 amide bonds. The molecule has 8 nitrogen and oxygen atoms in total. The zero-order valence-corrected chi connectivity index (χ0v) is 20.4. The van der Waals surface area contributed by atoms with Gasteiger partial charge in [0.2, 0.25) is 11.8 Å². The van der Waals surface area contributed by atoms with Gasteiger partial charge in [0, 0.05) is 42.9 Å². The van der Waals surface area contributed by atoms with Crippen LogP contribution in [0.4, 0.5) is 5.69 Å². The number of amides is 2. The number of fused-ring (bicyclic) bond motifs is 1. The molecule has 4 rings (SSSR count). The molecule has 0 bridgehead atoms. The van der Waals surface area contributed by atoms with E-state index in [-0.39, 0.29) is 29.6 Å². The van der Waals surface area contributed by atoms with Gasteiger partial charge < -0.3 is 19.1 Å². The molecule has 34 heavy (non-hydrogen) atoms. The van der Waals surface area contributed by atoms with Crippen molar-refractivity contribution in [3.05, 3.63) is 60.8 Å². The van der Waals surface area contributed by atoms with Crippen molar-refractivity contribution >= 4 is 38.2 Å². The quantitative estimate of drug-likeness (QED) is 0.538. The van der Waals surface area contributed by atoms with Crippen LogP contribution in [0.3, 0.4) is 0 Å². The number of morpholine rings is 1. The lowest BCUT2D eigenvalue weighted by molar-refractivity contribution is -0.143. The summed E-state index contributed by atoms with van der Waals surface area (Å²) in [5, 5.41) is 0.495. The number of para-hydroxylation sites is 2. The second kappa shape index (κ2) is 9.60. The molecule has 2 heterocycles. The number of ether oxygens (including phenoxy) is 1. The van der Waals surface area contributed by atoms with Gasteiger partial charge in [-0.3, -0.25) is 9.59 Å². The summed E-state index contributed by atoms with van der Waals surface area (Å²) in [6.45, 7) is 4.85. The number of nitrogens with zero attached hydrogens (tertiary/aromatic N) is 3. The molecule has 180 valence electrons. The molecule has 0 N–H and O–H groups in total. The standard InChI is InChI=1S/C25H29N3O5S/c1-18-13-28(14-19(2)33-18)24(29)16-27-15-23(21-11-7-8-12-22(21)27)34(31,32)17-25(30)26(3)20-9-5-4-6-10-20/h4-12,15,18-19H,13-14,16-17H2,1-3H3/t18-,19+. The highest BCUT2D eigenvalue weighted by Gasteiger charge is 2.29. The van der Waals surface area contributed by atoms with E-state index in [1.54, 1.807) is 65.0 Å². The highest BCUT2D eigenvalue weighted by molar-refractivity contribution is 7.92. The van der Waals surface area contributed by atoms with Crippen molar-refractivity contribution in [1.82, 2.24) is 9.47 Å². The van der Waals surface area contributed by atoms with Crippen LogP contribution >= 0.6 is 0 Å². The smallest absolute Gasteiger partial charge is 0.242 e. The number of carbonyl (C=O) groups is 2. The fourth-order valence-electron chi connectivity index (χ4n) is 4.35. The highest BCUT2D eigenvalue weighted by Crippen LogP contribution is 2.27. The normalized spacial score (nSPS) is 18.7. The van der Waals surface area contributed by atoms with E-state index in [0.29, 0.717) is 29.7 Å². The van der Waals surface area contributed by atoms with Gasteiger partial charge in [0.15, 0.2) is 9.84 Å². The number of sulfone groups is 1. The number of benzene rings is 2. The van der Waals surface area contributed by atoms with Crippen molar-refractivity contribution < 1.29 is 22.7 Å². The highest BCUT2D eigenvalue weighted by atomic mass is 32.2. The third kappa shape index (κ3) is 5.00. The second-order valence-electron chi connectivity index (χ2n) is 8.74. The van der Waals surface area contributed by atoms with E-state index in [1.807, 2.05) is 19.9 Å². The third-order valence-corrected chi connectivity index (χ3v) is 7.62. The summed E-state index contributed by atoms with van der Waals surface area (Å²) in [6.07, 6.45) is 1.36. The predicted molar refractivity (Wildman–Crippen MR) is 130 cm³/mol. The Morgan fingerprint density at radius 2 is 1.62 bits per heavy atom. The third-order valence-electron chi connectivity index (χ3n) is 6.00. The van der Waals surface area contributed by atoms with Crippen LogP contribution in [0.5, 0.6) is 0 Å². The molecule has 0 aliphatic carbocycles. The lowest BCUT2D eigenvalue weighted by atomic mass is 10.2. The minimum atomic E-state index is -3.95. The molecule has 9 heteroatoms.